The largest absolute Gasteiger partial charge is 0.227 e. The Hall–Kier alpha value is -3.23. The molecule has 4 aromatic carbocycles. The van der Waals surface area contributed by atoms with Crippen molar-refractivity contribution in [2.24, 2.45) is 0 Å². The van der Waals surface area contributed by atoms with Crippen molar-refractivity contribution in [1.82, 2.24) is 0 Å². The lowest BCUT2D eigenvalue weighted by Gasteiger charge is -2.22. The number of hydrogen-bond acceptors (Lipinski definition) is 2. The van der Waals surface area contributed by atoms with E-state index in [-0.39, 0.29) is 43.4 Å². The van der Waals surface area contributed by atoms with Crippen LogP contribution >= 0.6 is 46.4 Å². The lowest BCUT2D eigenvalue weighted by Crippen LogP contribution is -2.19. The first-order chi connectivity index (χ1) is 21.9. The fraction of sp³-hybridized carbons (Fsp3) is 0.0667. The fourth-order valence-corrected chi connectivity index (χ4v) is 6.84. The molecule has 0 fully saturated rings. The Kier molecular flexibility index (Phi) is 11.0. The zero-order valence-corrected chi connectivity index (χ0v) is 26.3. The van der Waals surface area contributed by atoms with Gasteiger partial charge in [0.1, 0.15) is 10.5 Å². The minimum absolute atomic E-state index is 0.0949. The molecule has 0 aliphatic carbocycles. The van der Waals surface area contributed by atoms with E-state index in [1.54, 1.807) is 0 Å². The molecule has 2 unspecified atom stereocenters. The highest BCUT2D eigenvalue weighted by Gasteiger charge is 2.35. The number of hydrogen-bond donors (Lipinski definition) is 0. The zero-order valence-electron chi connectivity index (χ0n) is 22.4. The summed E-state index contributed by atoms with van der Waals surface area (Å²) >= 11 is 23.9. The molecule has 4 aromatic rings. The molecule has 17 heteroatoms. The van der Waals surface area contributed by atoms with Gasteiger partial charge in [-0.25, -0.2) is 52.3 Å². The maximum absolute atomic E-state index is 14.5. The summed E-state index contributed by atoms with van der Waals surface area (Å²) in [5, 5.41) is -4.96. The summed E-state index contributed by atoms with van der Waals surface area (Å²) < 4.78 is 169. The van der Waals surface area contributed by atoms with Crippen LogP contribution in [0, 0.1) is 58.2 Å². The van der Waals surface area contributed by atoms with Crippen LogP contribution in [0.4, 0.5) is 43.9 Å². The van der Waals surface area contributed by atoms with E-state index < -0.39 is 89.6 Å². The predicted molar refractivity (Wildman–Crippen MR) is 158 cm³/mol. The van der Waals surface area contributed by atoms with Gasteiger partial charge in [0.15, 0.2) is 56.4 Å². The third-order valence-electron chi connectivity index (χ3n) is 6.62. The summed E-state index contributed by atoms with van der Waals surface area (Å²) in [6.45, 7) is 0. The van der Waals surface area contributed by atoms with Gasteiger partial charge in [0.05, 0.1) is 31.2 Å². The van der Waals surface area contributed by atoms with E-state index in [0.717, 1.165) is 36.4 Å². The molecule has 0 heterocycles. The zero-order chi connectivity index (χ0) is 35.1. The van der Waals surface area contributed by atoms with Crippen molar-refractivity contribution in [3.05, 3.63) is 149 Å². The second-order valence-corrected chi connectivity index (χ2v) is 13.3. The van der Waals surface area contributed by atoms with E-state index in [2.05, 4.69) is 0 Å². The van der Waals surface area contributed by atoms with Gasteiger partial charge in [0.2, 0.25) is 11.6 Å². The molecule has 0 aliphatic rings. The Morgan fingerprint density at radius 2 is 0.723 bits per heavy atom. The van der Waals surface area contributed by atoms with Crippen molar-refractivity contribution < 1.29 is 52.3 Å². The highest BCUT2D eigenvalue weighted by molar-refractivity contribution is 7.92. The first-order valence-electron chi connectivity index (χ1n) is 12.4. The maximum Gasteiger partial charge on any atom is 0.200 e. The normalized spacial score (nSPS) is 13.6. The van der Waals surface area contributed by atoms with Crippen LogP contribution in [-0.4, -0.2) is 8.42 Å². The molecule has 0 spiro atoms. The van der Waals surface area contributed by atoms with Gasteiger partial charge in [-0.15, -0.1) is 0 Å². The molecule has 2 nitrogen and oxygen atoms in total. The van der Waals surface area contributed by atoms with E-state index in [4.69, 9.17) is 46.4 Å². The van der Waals surface area contributed by atoms with E-state index in [1.165, 1.54) is 0 Å². The Bertz CT molecular complexity index is 1890. The van der Waals surface area contributed by atoms with Gasteiger partial charge < -0.3 is 0 Å². The SMILES string of the molecule is O=S(=O)(C(C=Cc1c(F)c(F)c(F)c(F)c1F)c1ccc(Cl)c(Cl)c1)C(C=Cc1c(F)c(F)c(F)c(F)c1F)c1ccc(Cl)c(Cl)c1. The summed E-state index contributed by atoms with van der Waals surface area (Å²) in [7, 11) is -5.07. The average molecular weight is 768 g/mol. The molecule has 47 heavy (non-hydrogen) atoms. The second-order valence-electron chi connectivity index (χ2n) is 9.46. The monoisotopic (exact) mass is 766 g/mol. The Morgan fingerprint density at radius 1 is 0.447 bits per heavy atom. The molecular formula is C30H12Cl4F10O2S. The lowest BCUT2D eigenvalue weighted by molar-refractivity contribution is 0.377. The molecule has 0 aliphatic heterocycles. The molecule has 4 rings (SSSR count). The van der Waals surface area contributed by atoms with Crippen molar-refractivity contribution >= 4 is 68.4 Å². The molecule has 2 atom stereocenters. The Morgan fingerprint density at radius 3 is 1.00 bits per heavy atom. The van der Waals surface area contributed by atoms with Gasteiger partial charge >= 0.3 is 0 Å². The van der Waals surface area contributed by atoms with Gasteiger partial charge in [-0.05, 0) is 35.4 Å². The summed E-state index contributed by atoms with van der Waals surface area (Å²) in [4.78, 5) is 0. The summed E-state index contributed by atoms with van der Waals surface area (Å²) in [6.07, 6.45) is 1.59. The van der Waals surface area contributed by atoms with E-state index in [9.17, 15) is 52.3 Å². The predicted octanol–water partition coefficient (Wildman–Crippen LogP) is 11.3. The molecule has 0 radical (unpaired) electrons. The average Bonchev–Trinajstić information content (AvgIpc) is 3.03. The Labute approximate surface area is 279 Å². The topological polar surface area (TPSA) is 34.1 Å². The summed E-state index contributed by atoms with van der Waals surface area (Å²) in [5.41, 5.74) is -3.70. The van der Waals surface area contributed by atoms with Crippen LogP contribution in [0.1, 0.15) is 32.8 Å². The van der Waals surface area contributed by atoms with Crippen molar-refractivity contribution in [3.8, 4) is 0 Å². The first-order valence-corrected chi connectivity index (χ1v) is 15.5. The molecular weight excluding hydrogens is 756 g/mol. The minimum Gasteiger partial charge on any atom is -0.227 e. The summed E-state index contributed by atoms with van der Waals surface area (Å²) in [5.74, 6) is -23.6. The molecule has 0 saturated heterocycles. The quantitative estimate of drug-likeness (QED) is 0.102. The Balaban J connectivity index is 2.00. The number of sulfone groups is 1. The van der Waals surface area contributed by atoms with Crippen LogP contribution in [-0.2, 0) is 9.84 Å². The fourth-order valence-electron chi connectivity index (χ4n) is 4.26. The second kappa shape index (κ2) is 14.1. The molecule has 0 N–H and O–H groups in total. The van der Waals surface area contributed by atoms with Gasteiger partial charge in [-0.3, -0.25) is 0 Å². The standard InChI is InChI=1S/C30H12Cl4F10O2S/c31-15-5-1-11(9-17(15)33)19(7-3-13-21(35)25(39)29(43)26(40)22(13)36)47(45,46)20(12-2-6-16(32)18(34)10-12)8-4-14-23(37)27(41)30(44)28(42)24(14)38/h1-10,19-20H. The molecule has 0 bridgehead atoms. The van der Waals surface area contributed by atoms with Gasteiger partial charge in [0, 0.05) is 0 Å². The van der Waals surface area contributed by atoms with Gasteiger partial charge in [0.25, 0.3) is 0 Å². The van der Waals surface area contributed by atoms with E-state index >= 15 is 0 Å². The number of benzene rings is 4. The third-order valence-corrected chi connectivity index (χ3v) is 10.4. The number of rotatable bonds is 8. The van der Waals surface area contributed by atoms with E-state index in [0.29, 0.717) is 12.2 Å². The highest BCUT2D eigenvalue weighted by Crippen LogP contribution is 2.41. The van der Waals surface area contributed by atoms with Crippen molar-refractivity contribution in [1.29, 1.82) is 0 Å². The lowest BCUT2D eigenvalue weighted by atomic mass is 10.1. The van der Waals surface area contributed by atoms with Crippen LogP contribution < -0.4 is 0 Å². The van der Waals surface area contributed by atoms with Crippen LogP contribution in [0.15, 0.2) is 48.6 Å². The highest BCUT2D eigenvalue weighted by atomic mass is 35.5. The van der Waals surface area contributed by atoms with E-state index in [1.807, 2.05) is 0 Å². The maximum atomic E-state index is 14.5. The van der Waals surface area contributed by atoms with Crippen molar-refractivity contribution in [2.45, 2.75) is 10.5 Å². The van der Waals surface area contributed by atoms with Crippen molar-refractivity contribution in [3.63, 3.8) is 0 Å². The molecule has 0 aromatic heterocycles. The summed E-state index contributed by atoms with van der Waals surface area (Å²) in [6, 6.07) is 6.31. The third kappa shape index (κ3) is 7.00. The van der Waals surface area contributed by atoms with Crippen LogP contribution in [0.2, 0.25) is 20.1 Å². The smallest absolute Gasteiger partial charge is 0.200 e. The van der Waals surface area contributed by atoms with Gasteiger partial charge in [-0.2, -0.15) is 0 Å². The number of halogens is 14. The molecule has 248 valence electrons. The van der Waals surface area contributed by atoms with Crippen molar-refractivity contribution in [2.75, 3.05) is 0 Å². The molecule has 0 saturated carbocycles. The minimum atomic E-state index is -5.07. The van der Waals surface area contributed by atoms with Crippen LogP contribution in [0.25, 0.3) is 12.2 Å². The molecule has 0 amide bonds. The van der Waals surface area contributed by atoms with Crippen LogP contribution in [0.5, 0.6) is 0 Å². The van der Waals surface area contributed by atoms with Gasteiger partial charge in [-0.1, -0.05) is 82.8 Å². The first kappa shape index (κ1) is 36.6. The van der Waals surface area contributed by atoms with Crippen LogP contribution in [0.3, 0.4) is 0 Å².